The standard InChI is InChI=1S/C4H7I3/c5-3-1-2-4(6)7/h4H,1-3H2. The van der Waals surface area contributed by atoms with Crippen LogP contribution < -0.4 is 0 Å². The largest absolute Gasteiger partial charge is 0.0864 e. The van der Waals surface area contributed by atoms with Gasteiger partial charge in [0, 0.05) is 0 Å². The molecule has 0 unspecified atom stereocenters. The van der Waals surface area contributed by atoms with Gasteiger partial charge in [0.1, 0.15) is 0 Å². The van der Waals surface area contributed by atoms with Crippen molar-refractivity contribution in [1.29, 1.82) is 0 Å². The second kappa shape index (κ2) is 6.31. The second-order valence-corrected chi connectivity index (χ2v) is 7.69. The zero-order valence-electron chi connectivity index (χ0n) is 3.83. The molecule has 0 heterocycles. The summed E-state index contributed by atoms with van der Waals surface area (Å²) in [6.07, 6.45) is 2.74. The highest BCUT2D eigenvalue weighted by atomic mass is 127. The highest BCUT2D eigenvalue weighted by Gasteiger charge is 1.93. The molecule has 0 radical (unpaired) electrons. The van der Waals surface area contributed by atoms with Crippen molar-refractivity contribution in [2.24, 2.45) is 0 Å². The van der Waals surface area contributed by atoms with Crippen LogP contribution in [-0.2, 0) is 0 Å². The molecule has 0 saturated carbocycles. The molecule has 0 bridgehead atoms. The first-order valence-corrected chi connectivity index (χ1v) is 6.13. The molecule has 0 aromatic heterocycles. The van der Waals surface area contributed by atoms with Gasteiger partial charge in [0.2, 0.25) is 0 Å². The summed E-state index contributed by atoms with van der Waals surface area (Å²) in [5.74, 6) is 0. The Labute approximate surface area is 85.6 Å². The summed E-state index contributed by atoms with van der Waals surface area (Å²) < 4.78 is 2.14. The summed E-state index contributed by atoms with van der Waals surface area (Å²) in [6, 6.07) is 0. The molecule has 0 N–H and O–H groups in total. The predicted octanol–water partition coefficient (Wildman–Crippen LogP) is 3.40. The highest BCUT2D eigenvalue weighted by Crippen LogP contribution is 2.16. The minimum atomic E-state index is 0.838. The number of halogens is 3. The lowest BCUT2D eigenvalue weighted by Gasteiger charge is -1.94. The molecule has 44 valence electrons. The molecule has 0 spiro atoms. The van der Waals surface area contributed by atoms with Gasteiger partial charge < -0.3 is 0 Å². The second-order valence-electron chi connectivity index (χ2n) is 1.22. The van der Waals surface area contributed by atoms with E-state index >= 15 is 0 Å². The average molecular weight is 436 g/mol. The first-order chi connectivity index (χ1) is 3.27. The topological polar surface area (TPSA) is 0 Å². The Kier molecular flexibility index (Phi) is 8.29. The van der Waals surface area contributed by atoms with Crippen molar-refractivity contribution >= 4 is 67.8 Å². The van der Waals surface area contributed by atoms with Crippen molar-refractivity contribution in [2.45, 2.75) is 14.8 Å². The molecule has 7 heavy (non-hydrogen) atoms. The van der Waals surface area contributed by atoms with Crippen molar-refractivity contribution in [3.63, 3.8) is 0 Å². The normalized spacial score (nSPS) is 10.3. The van der Waals surface area contributed by atoms with Gasteiger partial charge in [0.15, 0.2) is 0 Å². The van der Waals surface area contributed by atoms with E-state index in [1.165, 1.54) is 17.3 Å². The molecule has 0 aromatic rings. The molecule has 0 atom stereocenters. The van der Waals surface area contributed by atoms with Gasteiger partial charge in [-0.3, -0.25) is 0 Å². The molecule has 0 saturated heterocycles. The Morgan fingerprint density at radius 2 is 1.86 bits per heavy atom. The average Bonchev–Trinajstić information content (AvgIpc) is 1.61. The van der Waals surface area contributed by atoms with Crippen molar-refractivity contribution in [2.75, 3.05) is 4.43 Å². The van der Waals surface area contributed by atoms with Gasteiger partial charge >= 0.3 is 0 Å². The quantitative estimate of drug-likeness (QED) is 0.471. The maximum atomic E-state index is 2.45. The van der Waals surface area contributed by atoms with E-state index in [1.807, 2.05) is 0 Å². The van der Waals surface area contributed by atoms with E-state index in [0.717, 1.165) is 1.93 Å². The van der Waals surface area contributed by atoms with Crippen molar-refractivity contribution in [1.82, 2.24) is 0 Å². The molecule has 0 rings (SSSR count). The van der Waals surface area contributed by atoms with Crippen molar-refractivity contribution in [3.05, 3.63) is 0 Å². The van der Waals surface area contributed by atoms with Crippen LogP contribution in [0.5, 0.6) is 0 Å². The Hall–Kier alpha value is 2.19. The van der Waals surface area contributed by atoms with E-state index in [-0.39, 0.29) is 0 Å². The van der Waals surface area contributed by atoms with Crippen LogP contribution in [0.15, 0.2) is 0 Å². The Balaban J connectivity index is 2.68. The zero-order chi connectivity index (χ0) is 5.70. The van der Waals surface area contributed by atoms with Crippen molar-refractivity contribution < 1.29 is 0 Å². The molecule has 3 heteroatoms. The summed E-state index contributed by atoms with van der Waals surface area (Å²) in [5, 5.41) is 0. The SMILES string of the molecule is ICCCC(I)I. The van der Waals surface area contributed by atoms with Crippen LogP contribution in [0.1, 0.15) is 12.8 Å². The summed E-state index contributed by atoms with van der Waals surface area (Å²) in [4.78, 5) is 0. The minimum absolute atomic E-state index is 0.838. The fourth-order valence-corrected chi connectivity index (χ4v) is 1.55. The molecule has 0 aliphatic heterocycles. The first kappa shape index (κ1) is 9.19. The molecule has 0 nitrogen and oxygen atoms in total. The van der Waals surface area contributed by atoms with E-state index in [9.17, 15) is 0 Å². The summed E-state index contributed by atoms with van der Waals surface area (Å²) in [6.45, 7) is 0. The van der Waals surface area contributed by atoms with Gasteiger partial charge in [0.25, 0.3) is 0 Å². The number of hydrogen-bond donors (Lipinski definition) is 0. The van der Waals surface area contributed by atoms with Gasteiger partial charge in [0.05, 0.1) is 1.93 Å². The molecule has 0 aliphatic rings. The van der Waals surface area contributed by atoms with Crippen LogP contribution in [0.4, 0.5) is 0 Å². The van der Waals surface area contributed by atoms with Crippen LogP contribution >= 0.6 is 67.8 Å². The van der Waals surface area contributed by atoms with Crippen LogP contribution in [0, 0.1) is 0 Å². The Bertz CT molecular complexity index is 35.9. The van der Waals surface area contributed by atoms with Crippen LogP contribution in [0.3, 0.4) is 0 Å². The Morgan fingerprint density at radius 3 is 2.00 bits per heavy atom. The molecule has 0 aliphatic carbocycles. The molecular formula is C4H7I3. The smallest absolute Gasteiger partial charge is 0.0626 e. The summed E-state index contributed by atoms with van der Waals surface area (Å²) in [5.41, 5.74) is 0. The third kappa shape index (κ3) is 8.19. The minimum Gasteiger partial charge on any atom is -0.0864 e. The molecule has 0 fully saturated rings. The van der Waals surface area contributed by atoms with E-state index in [2.05, 4.69) is 67.8 Å². The van der Waals surface area contributed by atoms with Gasteiger partial charge in [-0.15, -0.1) is 0 Å². The van der Waals surface area contributed by atoms with Gasteiger partial charge in [-0.2, -0.15) is 0 Å². The third-order valence-corrected chi connectivity index (χ3v) is 2.56. The Morgan fingerprint density at radius 1 is 1.29 bits per heavy atom. The molecular weight excluding hydrogens is 429 g/mol. The summed E-state index contributed by atoms with van der Waals surface area (Å²) in [7, 11) is 0. The summed E-state index contributed by atoms with van der Waals surface area (Å²) >= 11 is 7.31. The first-order valence-electron chi connectivity index (χ1n) is 2.11. The van der Waals surface area contributed by atoms with Gasteiger partial charge in [-0.1, -0.05) is 67.8 Å². The van der Waals surface area contributed by atoms with Crippen molar-refractivity contribution in [3.8, 4) is 0 Å². The van der Waals surface area contributed by atoms with Crippen LogP contribution in [0.2, 0.25) is 0 Å². The molecule has 0 aromatic carbocycles. The maximum Gasteiger partial charge on any atom is 0.0626 e. The number of alkyl halides is 3. The monoisotopic (exact) mass is 436 g/mol. The lowest BCUT2D eigenvalue weighted by molar-refractivity contribution is 0.918. The predicted molar refractivity (Wildman–Crippen MR) is 59.9 cm³/mol. The number of hydrogen-bond acceptors (Lipinski definition) is 0. The maximum absolute atomic E-state index is 2.45. The fraction of sp³-hybridized carbons (Fsp3) is 1.00. The fourth-order valence-electron chi connectivity index (χ4n) is 0.231. The third-order valence-electron chi connectivity index (χ3n) is 0.556. The van der Waals surface area contributed by atoms with E-state index in [1.54, 1.807) is 0 Å². The van der Waals surface area contributed by atoms with Gasteiger partial charge in [-0.25, -0.2) is 0 Å². The van der Waals surface area contributed by atoms with E-state index < -0.39 is 0 Å². The lowest BCUT2D eigenvalue weighted by Crippen LogP contribution is -1.83. The van der Waals surface area contributed by atoms with Crippen LogP contribution in [0.25, 0.3) is 0 Å². The molecule has 0 amide bonds. The van der Waals surface area contributed by atoms with E-state index in [0.29, 0.717) is 0 Å². The van der Waals surface area contributed by atoms with Crippen LogP contribution in [-0.4, -0.2) is 6.36 Å². The van der Waals surface area contributed by atoms with E-state index in [4.69, 9.17) is 0 Å². The zero-order valence-corrected chi connectivity index (χ0v) is 10.3. The highest BCUT2D eigenvalue weighted by molar-refractivity contribution is 14.2. The van der Waals surface area contributed by atoms with Gasteiger partial charge in [-0.05, 0) is 17.3 Å². The lowest BCUT2D eigenvalue weighted by atomic mass is 10.4. The number of rotatable bonds is 3.